The van der Waals surface area contributed by atoms with Crippen molar-refractivity contribution in [3.05, 3.63) is 0 Å². The maximum absolute atomic E-state index is 12.4. The summed E-state index contributed by atoms with van der Waals surface area (Å²) in [6.45, 7) is 10.5. The van der Waals surface area contributed by atoms with Gasteiger partial charge in [0.25, 0.3) is 0 Å². The number of rotatable bonds is 6. The first-order chi connectivity index (χ1) is 8.97. The van der Waals surface area contributed by atoms with Crippen LogP contribution in [-0.2, 0) is 4.79 Å². The molecule has 1 rings (SSSR count). The van der Waals surface area contributed by atoms with Crippen molar-refractivity contribution in [3.63, 3.8) is 0 Å². The van der Waals surface area contributed by atoms with E-state index >= 15 is 0 Å². The van der Waals surface area contributed by atoms with E-state index in [1.807, 2.05) is 11.8 Å². The van der Waals surface area contributed by atoms with Crippen LogP contribution in [0.2, 0.25) is 0 Å². The van der Waals surface area contributed by atoms with Gasteiger partial charge in [0.2, 0.25) is 5.91 Å². The van der Waals surface area contributed by atoms with Crippen LogP contribution in [-0.4, -0.2) is 40.9 Å². The molecule has 2 N–H and O–H groups in total. The SMILES string of the molecule is CC(C)C(CCN)CCC(=O)N1CCSC(C)C1C. The summed E-state index contributed by atoms with van der Waals surface area (Å²) < 4.78 is 0. The third-order valence-electron chi connectivity index (χ3n) is 4.41. The molecule has 0 bridgehead atoms. The molecule has 1 aliphatic heterocycles. The van der Waals surface area contributed by atoms with Crippen LogP contribution in [0.4, 0.5) is 0 Å². The highest BCUT2D eigenvalue weighted by atomic mass is 32.2. The van der Waals surface area contributed by atoms with Crippen molar-refractivity contribution in [2.45, 2.75) is 58.2 Å². The third kappa shape index (κ3) is 4.99. The molecule has 0 aromatic carbocycles. The van der Waals surface area contributed by atoms with Gasteiger partial charge in [0.1, 0.15) is 0 Å². The number of carbonyl (C=O) groups excluding carboxylic acids is 1. The molecule has 1 saturated heterocycles. The normalized spacial score (nSPS) is 25.7. The number of thioether (sulfide) groups is 1. The largest absolute Gasteiger partial charge is 0.338 e. The van der Waals surface area contributed by atoms with E-state index in [1.54, 1.807) is 0 Å². The van der Waals surface area contributed by atoms with Gasteiger partial charge in [0.05, 0.1) is 0 Å². The molecule has 3 nitrogen and oxygen atoms in total. The second kappa shape index (κ2) is 8.15. The maximum atomic E-state index is 12.4. The van der Waals surface area contributed by atoms with E-state index in [1.165, 1.54) is 0 Å². The highest BCUT2D eigenvalue weighted by molar-refractivity contribution is 8.00. The first kappa shape index (κ1) is 16.8. The molecule has 0 saturated carbocycles. The molecular weight excluding hydrogens is 256 g/mol. The monoisotopic (exact) mass is 286 g/mol. The van der Waals surface area contributed by atoms with Crippen LogP contribution in [0.15, 0.2) is 0 Å². The molecule has 1 amide bonds. The van der Waals surface area contributed by atoms with Crippen LogP contribution in [0.25, 0.3) is 0 Å². The van der Waals surface area contributed by atoms with Gasteiger partial charge in [-0.25, -0.2) is 0 Å². The molecule has 4 heteroatoms. The van der Waals surface area contributed by atoms with Crippen molar-refractivity contribution in [1.82, 2.24) is 4.90 Å². The van der Waals surface area contributed by atoms with Gasteiger partial charge in [-0.1, -0.05) is 20.8 Å². The number of carbonyl (C=O) groups is 1. The standard InChI is InChI=1S/C15H30N2OS/c1-11(2)14(7-8-16)5-6-15(18)17-9-10-19-13(4)12(17)3/h11-14H,5-10,16H2,1-4H3. The molecule has 19 heavy (non-hydrogen) atoms. The summed E-state index contributed by atoms with van der Waals surface area (Å²) in [7, 11) is 0. The van der Waals surface area contributed by atoms with Gasteiger partial charge >= 0.3 is 0 Å². The summed E-state index contributed by atoms with van der Waals surface area (Å²) >= 11 is 1.97. The fraction of sp³-hybridized carbons (Fsp3) is 0.933. The van der Waals surface area contributed by atoms with E-state index < -0.39 is 0 Å². The molecule has 0 spiro atoms. The van der Waals surface area contributed by atoms with E-state index in [9.17, 15) is 4.79 Å². The fourth-order valence-electron chi connectivity index (χ4n) is 2.76. The first-order valence-electron chi connectivity index (χ1n) is 7.58. The zero-order valence-corrected chi connectivity index (χ0v) is 13.7. The Balaban J connectivity index is 2.45. The number of hydrogen-bond acceptors (Lipinski definition) is 3. The lowest BCUT2D eigenvalue weighted by molar-refractivity contribution is -0.133. The minimum atomic E-state index is 0.335. The zero-order valence-electron chi connectivity index (χ0n) is 12.9. The average Bonchev–Trinajstić information content (AvgIpc) is 2.37. The Kier molecular flexibility index (Phi) is 7.22. The average molecular weight is 286 g/mol. The molecule has 3 atom stereocenters. The minimum absolute atomic E-state index is 0.335. The van der Waals surface area contributed by atoms with E-state index in [0.717, 1.165) is 31.7 Å². The molecule has 0 aliphatic carbocycles. The van der Waals surface area contributed by atoms with Crippen molar-refractivity contribution < 1.29 is 4.79 Å². The summed E-state index contributed by atoms with van der Waals surface area (Å²) in [6.07, 6.45) is 2.70. The Morgan fingerprint density at radius 2 is 2.05 bits per heavy atom. The lowest BCUT2D eigenvalue weighted by atomic mass is 9.88. The smallest absolute Gasteiger partial charge is 0.222 e. The molecule has 112 valence electrons. The topological polar surface area (TPSA) is 46.3 Å². The Labute approximate surface area is 122 Å². The number of nitrogens with zero attached hydrogens (tertiary/aromatic N) is 1. The van der Waals surface area contributed by atoms with Crippen molar-refractivity contribution in [2.75, 3.05) is 18.8 Å². The summed E-state index contributed by atoms with van der Waals surface area (Å²) in [5.74, 6) is 2.61. The van der Waals surface area contributed by atoms with Crippen LogP contribution in [0.5, 0.6) is 0 Å². The van der Waals surface area contributed by atoms with Crippen molar-refractivity contribution in [1.29, 1.82) is 0 Å². The first-order valence-corrected chi connectivity index (χ1v) is 8.63. The highest BCUT2D eigenvalue weighted by Gasteiger charge is 2.28. The Morgan fingerprint density at radius 3 is 2.63 bits per heavy atom. The van der Waals surface area contributed by atoms with Crippen LogP contribution < -0.4 is 5.73 Å². The van der Waals surface area contributed by atoms with Crippen molar-refractivity contribution in [3.8, 4) is 0 Å². The van der Waals surface area contributed by atoms with Crippen LogP contribution in [0.1, 0.15) is 47.0 Å². The second-order valence-electron chi connectivity index (χ2n) is 6.02. The molecule has 0 aromatic heterocycles. The van der Waals surface area contributed by atoms with E-state index in [0.29, 0.717) is 35.5 Å². The van der Waals surface area contributed by atoms with Crippen LogP contribution >= 0.6 is 11.8 Å². The molecule has 3 unspecified atom stereocenters. The summed E-state index contributed by atoms with van der Waals surface area (Å²) in [4.78, 5) is 14.5. The van der Waals surface area contributed by atoms with Gasteiger partial charge in [0.15, 0.2) is 0 Å². The molecular formula is C15H30N2OS. The lowest BCUT2D eigenvalue weighted by Crippen LogP contribution is -2.48. The van der Waals surface area contributed by atoms with Crippen LogP contribution in [0.3, 0.4) is 0 Å². The van der Waals surface area contributed by atoms with Gasteiger partial charge in [0, 0.05) is 30.0 Å². The molecule has 1 fully saturated rings. The van der Waals surface area contributed by atoms with Crippen LogP contribution in [0, 0.1) is 11.8 Å². The molecule has 1 heterocycles. The maximum Gasteiger partial charge on any atom is 0.222 e. The Morgan fingerprint density at radius 1 is 1.37 bits per heavy atom. The molecule has 1 aliphatic rings. The number of hydrogen-bond donors (Lipinski definition) is 1. The lowest BCUT2D eigenvalue weighted by Gasteiger charge is -2.38. The van der Waals surface area contributed by atoms with E-state index in [4.69, 9.17) is 5.73 Å². The highest BCUT2D eigenvalue weighted by Crippen LogP contribution is 2.26. The minimum Gasteiger partial charge on any atom is -0.338 e. The van der Waals surface area contributed by atoms with Crippen molar-refractivity contribution in [2.24, 2.45) is 17.6 Å². The van der Waals surface area contributed by atoms with Gasteiger partial charge in [-0.2, -0.15) is 11.8 Å². The van der Waals surface area contributed by atoms with Gasteiger partial charge in [-0.15, -0.1) is 0 Å². The summed E-state index contributed by atoms with van der Waals surface area (Å²) in [6, 6.07) is 0.373. The molecule has 0 aromatic rings. The van der Waals surface area contributed by atoms with Gasteiger partial charge in [-0.3, -0.25) is 4.79 Å². The zero-order chi connectivity index (χ0) is 14.4. The predicted molar refractivity (Wildman–Crippen MR) is 84.3 cm³/mol. The Bertz CT molecular complexity index is 283. The van der Waals surface area contributed by atoms with E-state index in [2.05, 4.69) is 32.6 Å². The molecule has 0 radical (unpaired) electrons. The van der Waals surface area contributed by atoms with Gasteiger partial charge in [-0.05, 0) is 38.1 Å². The quantitative estimate of drug-likeness (QED) is 0.816. The summed E-state index contributed by atoms with van der Waals surface area (Å²) in [5, 5.41) is 0.558. The van der Waals surface area contributed by atoms with E-state index in [-0.39, 0.29) is 0 Å². The number of amides is 1. The predicted octanol–water partition coefficient (Wildman–Crippen LogP) is 2.74. The fourth-order valence-corrected chi connectivity index (χ4v) is 3.86. The number of nitrogens with two attached hydrogens (primary N) is 1. The van der Waals surface area contributed by atoms with Gasteiger partial charge < -0.3 is 10.6 Å². The van der Waals surface area contributed by atoms with Crippen molar-refractivity contribution >= 4 is 17.7 Å². The summed E-state index contributed by atoms with van der Waals surface area (Å²) in [5.41, 5.74) is 5.66. The Hall–Kier alpha value is -0.220. The third-order valence-corrected chi connectivity index (χ3v) is 5.75. The second-order valence-corrected chi connectivity index (χ2v) is 7.51.